The number of allylic oxidation sites excluding steroid dienone is 4. The van der Waals surface area contributed by atoms with Crippen LogP contribution in [-0.2, 0) is 26.4 Å². The van der Waals surface area contributed by atoms with E-state index < -0.39 is 5.78 Å². The Morgan fingerprint density at radius 1 is 1.13 bits per heavy atom. The van der Waals surface area contributed by atoms with Crippen molar-refractivity contribution >= 4 is 12.1 Å². The molecule has 85 valence electrons. The topological polar surface area (TPSA) is 34.1 Å². The second kappa shape index (κ2) is 4.45. The van der Waals surface area contributed by atoms with Crippen molar-refractivity contribution in [1.82, 2.24) is 0 Å². The van der Waals surface area contributed by atoms with Gasteiger partial charge in [0.2, 0.25) is 0 Å². The number of Topliss-reactive ketones (excluding diaryl/α,β-unsaturated/α-hetero) is 1. The summed E-state index contributed by atoms with van der Waals surface area (Å²) in [7, 11) is 0. The predicted octanol–water partition coefficient (Wildman–Crippen LogP) is 2.36. The molecule has 15 heavy (non-hydrogen) atoms. The quantitative estimate of drug-likeness (QED) is 0.557. The molecule has 0 fully saturated rings. The number of hydrogen-bond donors (Lipinski definition) is 0. The summed E-state index contributed by atoms with van der Waals surface area (Å²) in [5.74, 6) is -0.510. The van der Waals surface area contributed by atoms with Crippen molar-refractivity contribution in [2.75, 3.05) is 0 Å². The summed E-state index contributed by atoms with van der Waals surface area (Å²) < 4.78 is 0. The van der Waals surface area contributed by atoms with E-state index in [0.29, 0.717) is 5.57 Å². The van der Waals surface area contributed by atoms with Crippen LogP contribution in [0.2, 0.25) is 0 Å². The summed E-state index contributed by atoms with van der Waals surface area (Å²) in [5, 5.41) is 0. The third kappa shape index (κ3) is 1.99. The summed E-state index contributed by atoms with van der Waals surface area (Å²) in [6.07, 6.45) is 1.46. The molecule has 0 aliphatic heterocycles. The molecule has 1 aliphatic carbocycles. The molecule has 0 aromatic heterocycles. The molecule has 0 bridgehead atoms. The molecule has 0 aromatic carbocycles. The Labute approximate surface area is 101 Å². The number of ketones is 1. The van der Waals surface area contributed by atoms with Crippen LogP contribution in [0.3, 0.4) is 0 Å². The van der Waals surface area contributed by atoms with Gasteiger partial charge in [0.05, 0.1) is 5.78 Å². The SMILES string of the molecule is CC1=C(C)C(C)(C)C(C(=O)[C-]=O)=C1C.[Co]. The molecule has 0 aromatic rings. The van der Waals surface area contributed by atoms with E-state index in [9.17, 15) is 9.59 Å². The summed E-state index contributed by atoms with van der Waals surface area (Å²) in [4.78, 5) is 21.8. The van der Waals surface area contributed by atoms with Crippen molar-refractivity contribution in [2.45, 2.75) is 34.6 Å². The smallest absolute Gasteiger partial charge is 0.0559 e. The van der Waals surface area contributed by atoms with Crippen LogP contribution in [0.1, 0.15) is 34.6 Å². The van der Waals surface area contributed by atoms with Crippen LogP contribution in [-0.4, -0.2) is 12.1 Å². The minimum Gasteiger partial charge on any atom is -0.415 e. The van der Waals surface area contributed by atoms with Gasteiger partial charge in [-0.3, -0.25) is 0 Å². The van der Waals surface area contributed by atoms with Crippen LogP contribution in [0.4, 0.5) is 0 Å². The second-order valence-electron chi connectivity index (χ2n) is 4.31. The second-order valence-corrected chi connectivity index (χ2v) is 4.31. The molecular formula is C12H15CoO2-. The van der Waals surface area contributed by atoms with Gasteiger partial charge in [-0.05, 0) is 13.8 Å². The van der Waals surface area contributed by atoms with E-state index in [-0.39, 0.29) is 22.2 Å². The zero-order valence-corrected chi connectivity index (χ0v) is 10.7. The fourth-order valence-corrected chi connectivity index (χ4v) is 2.10. The van der Waals surface area contributed by atoms with Gasteiger partial charge in [0.25, 0.3) is 0 Å². The maximum absolute atomic E-state index is 11.4. The van der Waals surface area contributed by atoms with Gasteiger partial charge < -0.3 is 9.59 Å². The Balaban J connectivity index is 0.00000196. The first-order valence-corrected chi connectivity index (χ1v) is 4.66. The molecule has 3 heteroatoms. The molecule has 0 N–H and O–H groups in total. The zero-order chi connectivity index (χ0) is 11.1. The third-order valence-electron chi connectivity index (χ3n) is 3.38. The molecule has 0 saturated heterocycles. The fourth-order valence-electron chi connectivity index (χ4n) is 2.10. The molecule has 1 aliphatic rings. The van der Waals surface area contributed by atoms with Gasteiger partial charge in [0.1, 0.15) is 0 Å². The van der Waals surface area contributed by atoms with Crippen molar-refractivity contribution in [3.63, 3.8) is 0 Å². The molecule has 1 rings (SSSR count). The first-order valence-electron chi connectivity index (χ1n) is 4.66. The van der Waals surface area contributed by atoms with E-state index in [2.05, 4.69) is 0 Å². The van der Waals surface area contributed by atoms with Crippen molar-refractivity contribution in [3.8, 4) is 0 Å². The van der Waals surface area contributed by atoms with E-state index in [0.717, 1.165) is 16.7 Å². The van der Waals surface area contributed by atoms with Gasteiger partial charge in [-0.15, -0.1) is 11.1 Å². The minimum absolute atomic E-state index is 0. The van der Waals surface area contributed by atoms with Crippen molar-refractivity contribution in [3.05, 3.63) is 22.3 Å². The number of carbonyl (C=O) groups excluding carboxylic acids is 2. The fraction of sp³-hybridized carbons (Fsp3) is 0.500. The third-order valence-corrected chi connectivity index (χ3v) is 3.38. The van der Waals surface area contributed by atoms with Gasteiger partial charge in [-0.2, -0.15) is 0 Å². The van der Waals surface area contributed by atoms with Crippen molar-refractivity contribution in [1.29, 1.82) is 0 Å². The number of hydrogen-bond acceptors (Lipinski definition) is 2. The maximum atomic E-state index is 11.4. The van der Waals surface area contributed by atoms with E-state index in [1.807, 2.05) is 34.6 Å². The molecule has 0 saturated carbocycles. The maximum Gasteiger partial charge on any atom is 0.0559 e. The Hall–Kier alpha value is -0.674. The molecule has 0 unspecified atom stereocenters. The zero-order valence-electron chi connectivity index (χ0n) is 9.65. The Morgan fingerprint density at radius 2 is 1.60 bits per heavy atom. The summed E-state index contributed by atoms with van der Waals surface area (Å²) in [6, 6.07) is 0. The molecule has 2 nitrogen and oxygen atoms in total. The number of rotatable bonds is 2. The van der Waals surface area contributed by atoms with E-state index in [1.54, 1.807) is 0 Å². The van der Waals surface area contributed by atoms with Crippen molar-refractivity contribution in [2.24, 2.45) is 5.41 Å². The standard InChI is InChI=1S/C12H15O2.Co/c1-7-8(2)11(10(14)6-13)12(4,5)9(7)3;/h1-5H3;/q-1;. The summed E-state index contributed by atoms with van der Waals surface area (Å²) in [6.45, 7) is 9.80. The van der Waals surface area contributed by atoms with Crippen LogP contribution >= 0.6 is 0 Å². The monoisotopic (exact) mass is 250 g/mol. The molecule has 0 amide bonds. The van der Waals surface area contributed by atoms with Gasteiger partial charge in [0, 0.05) is 23.1 Å². The van der Waals surface area contributed by atoms with Gasteiger partial charge >= 0.3 is 0 Å². The summed E-state index contributed by atoms with van der Waals surface area (Å²) >= 11 is 0. The van der Waals surface area contributed by atoms with E-state index in [1.165, 1.54) is 6.29 Å². The molecule has 0 heterocycles. The van der Waals surface area contributed by atoms with E-state index >= 15 is 0 Å². The molecular weight excluding hydrogens is 235 g/mol. The first-order chi connectivity index (χ1) is 6.34. The van der Waals surface area contributed by atoms with Crippen LogP contribution in [0.25, 0.3) is 0 Å². The Bertz CT molecular complexity index is 373. The molecule has 0 atom stereocenters. The van der Waals surface area contributed by atoms with E-state index in [4.69, 9.17) is 0 Å². The minimum atomic E-state index is -0.510. The molecule has 0 spiro atoms. The first kappa shape index (κ1) is 14.3. The van der Waals surface area contributed by atoms with Crippen molar-refractivity contribution < 1.29 is 26.4 Å². The van der Waals surface area contributed by atoms with Crippen LogP contribution in [0.15, 0.2) is 22.3 Å². The van der Waals surface area contributed by atoms with Gasteiger partial charge in [-0.25, -0.2) is 0 Å². The average molecular weight is 250 g/mol. The molecule has 1 radical (unpaired) electrons. The van der Waals surface area contributed by atoms with Crippen LogP contribution < -0.4 is 0 Å². The largest absolute Gasteiger partial charge is 0.415 e. The normalized spacial score (nSPS) is 19.0. The summed E-state index contributed by atoms with van der Waals surface area (Å²) in [5.41, 5.74) is 3.49. The van der Waals surface area contributed by atoms with Crippen LogP contribution in [0, 0.1) is 5.41 Å². The Morgan fingerprint density at radius 3 is 1.87 bits per heavy atom. The predicted molar refractivity (Wildman–Crippen MR) is 55.6 cm³/mol. The van der Waals surface area contributed by atoms with Gasteiger partial charge in [-0.1, -0.05) is 37.3 Å². The van der Waals surface area contributed by atoms with Crippen LogP contribution in [0.5, 0.6) is 0 Å². The number of carbonyl (C=O) groups is 1. The van der Waals surface area contributed by atoms with Gasteiger partial charge in [0.15, 0.2) is 0 Å². The Kier molecular flexibility index (Phi) is 4.25. The average Bonchev–Trinajstić information content (AvgIpc) is 2.27.